The number of hydrogen-bond donors (Lipinski definition) is 2. The van der Waals surface area contributed by atoms with E-state index in [2.05, 4.69) is 9.97 Å². The van der Waals surface area contributed by atoms with E-state index in [-0.39, 0.29) is 53.2 Å². The van der Waals surface area contributed by atoms with Crippen molar-refractivity contribution in [2.24, 2.45) is 11.8 Å². The summed E-state index contributed by atoms with van der Waals surface area (Å²) in [6.07, 6.45) is -8.28. The van der Waals surface area contributed by atoms with E-state index in [0.29, 0.717) is 50.2 Å². The second-order valence-electron chi connectivity index (χ2n) is 9.20. The van der Waals surface area contributed by atoms with Crippen molar-refractivity contribution in [2.45, 2.75) is 52.4 Å². The molecule has 2 heterocycles. The largest absolute Gasteiger partial charge is 0.416 e. The number of carbonyl (C=O) groups is 1. The highest BCUT2D eigenvalue weighted by Crippen LogP contribution is 2.38. The van der Waals surface area contributed by atoms with E-state index in [1.54, 1.807) is 4.90 Å². The van der Waals surface area contributed by atoms with Crippen molar-refractivity contribution in [2.75, 3.05) is 19.7 Å². The molecule has 1 saturated heterocycles. The molecule has 0 aliphatic carbocycles. The molecular weight excluding hydrogens is 502 g/mol. The fourth-order valence-corrected chi connectivity index (χ4v) is 4.57. The molecule has 202 valence electrons. The number of alkyl halides is 6. The van der Waals surface area contributed by atoms with Gasteiger partial charge in [-0.3, -0.25) is 4.79 Å². The number of aromatic nitrogens is 2. The van der Waals surface area contributed by atoms with Gasteiger partial charge in [0.1, 0.15) is 0 Å². The van der Waals surface area contributed by atoms with Gasteiger partial charge in [0.15, 0.2) is 5.82 Å². The van der Waals surface area contributed by atoms with Crippen molar-refractivity contribution in [1.29, 1.82) is 5.41 Å². The number of benzene rings is 1. The third kappa shape index (κ3) is 6.28. The van der Waals surface area contributed by atoms with Gasteiger partial charge in [-0.25, -0.2) is 9.97 Å². The van der Waals surface area contributed by atoms with Crippen molar-refractivity contribution in [3.63, 3.8) is 0 Å². The maximum absolute atomic E-state index is 13.3. The summed E-state index contributed by atoms with van der Waals surface area (Å²) in [6, 6.07) is 1.15. The van der Waals surface area contributed by atoms with Gasteiger partial charge >= 0.3 is 12.4 Å². The zero-order chi connectivity index (χ0) is 27.7. The van der Waals surface area contributed by atoms with E-state index in [0.717, 1.165) is 0 Å². The van der Waals surface area contributed by atoms with Crippen LogP contribution in [0.2, 0.25) is 0 Å². The SMILES string of the molecule is CC[C@H](CO)C(=N)C1CCN(C(=O)c2c(C)nc(-c3cc(C(F)(F)F)cc(C(F)(F)F)c3)nc2C)CC1. The Morgan fingerprint density at radius 2 is 1.51 bits per heavy atom. The number of aryl methyl sites for hydroxylation is 2. The minimum Gasteiger partial charge on any atom is -0.396 e. The summed E-state index contributed by atoms with van der Waals surface area (Å²) < 4.78 is 79.6. The zero-order valence-corrected chi connectivity index (χ0v) is 20.6. The predicted molar refractivity (Wildman–Crippen MR) is 124 cm³/mol. The number of likely N-dealkylation sites (tertiary alicyclic amines) is 1. The van der Waals surface area contributed by atoms with E-state index in [9.17, 15) is 36.2 Å². The first kappa shape index (κ1) is 28.5. The maximum atomic E-state index is 13.3. The summed E-state index contributed by atoms with van der Waals surface area (Å²) in [6.45, 7) is 5.42. The fraction of sp³-hybridized carbons (Fsp3) is 0.520. The average Bonchev–Trinajstić information content (AvgIpc) is 2.83. The molecule has 0 unspecified atom stereocenters. The molecule has 1 amide bonds. The molecule has 37 heavy (non-hydrogen) atoms. The molecular formula is C25H28F6N4O2. The average molecular weight is 531 g/mol. The van der Waals surface area contributed by atoms with Gasteiger partial charge in [-0.15, -0.1) is 0 Å². The van der Waals surface area contributed by atoms with Gasteiger partial charge in [0.2, 0.25) is 0 Å². The number of amides is 1. The highest BCUT2D eigenvalue weighted by atomic mass is 19.4. The lowest BCUT2D eigenvalue weighted by molar-refractivity contribution is -0.143. The fourth-order valence-electron chi connectivity index (χ4n) is 4.57. The molecule has 1 aromatic carbocycles. The van der Waals surface area contributed by atoms with E-state index in [1.165, 1.54) is 13.8 Å². The molecule has 1 fully saturated rings. The Morgan fingerprint density at radius 3 is 1.92 bits per heavy atom. The first-order valence-corrected chi connectivity index (χ1v) is 11.8. The molecule has 6 nitrogen and oxygen atoms in total. The molecule has 0 radical (unpaired) electrons. The van der Waals surface area contributed by atoms with Crippen molar-refractivity contribution in [3.8, 4) is 11.4 Å². The van der Waals surface area contributed by atoms with Crippen LogP contribution in [0.5, 0.6) is 0 Å². The van der Waals surface area contributed by atoms with Crippen LogP contribution < -0.4 is 0 Å². The Hall–Kier alpha value is -3.02. The van der Waals surface area contributed by atoms with Gasteiger partial charge in [0.05, 0.1) is 34.7 Å². The van der Waals surface area contributed by atoms with Crippen LogP contribution in [0.3, 0.4) is 0 Å². The Balaban J connectivity index is 1.88. The summed E-state index contributed by atoms with van der Waals surface area (Å²) in [5, 5.41) is 17.8. The Labute approximate surface area is 210 Å². The second-order valence-corrected chi connectivity index (χ2v) is 9.20. The maximum Gasteiger partial charge on any atom is 0.416 e. The predicted octanol–water partition coefficient (Wildman–Crippen LogP) is 5.69. The molecule has 2 aromatic rings. The van der Waals surface area contributed by atoms with E-state index < -0.39 is 29.0 Å². The molecule has 12 heteroatoms. The van der Waals surface area contributed by atoms with Gasteiger partial charge in [-0.05, 0) is 51.3 Å². The number of rotatable bonds is 6. The highest BCUT2D eigenvalue weighted by molar-refractivity contribution is 5.96. The number of hydrogen-bond acceptors (Lipinski definition) is 5. The normalized spacial score (nSPS) is 16.1. The lowest BCUT2D eigenvalue weighted by Crippen LogP contribution is -2.42. The summed E-state index contributed by atoms with van der Waals surface area (Å²) in [4.78, 5) is 23.0. The monoisotopic (exact) mass is 530 g/mol. The minimum atomic E-state index is -5.01. The molecule has 2 N–H and O–H groups in total. The first-order valence-electron chi connectivity index (χ1n) is 11.8. The number of nitrogens with zero attached hydrogens (tertiary/aromatic N) is 3. The molecule has 0 saturated carbocycles. The van der Waals surface area contributed by atoms with Crippen LogP contribution >= 0.6 is 0 Å². The molecule has 1 atom stereocenters. The van der Waals surface area contributed by atoms with E-state index >= 15 is 0 Å². The molecule has 1 aliphatic heterocycles. The van der Waals surface area contributed by atoms with E-state index in [4.69, 9.17) is 5.41 Å². The van der Waals surface area contributed by atoms with Crippen molar-refractivity contribution in [3.05, 3.63) is 46.3 Å². The number of nitrogens with one attached hydrogen (secondary N) is 1. The second kappa shape index (κ2) is 10.8. The molecule has 0 bridgehead atoms. The van der Waals surface area contributed by atoms with Crippen LogP contribution in [0.25, 0.3) is 11.4 Å². The van der Waals surface area contributed by atoms with Crippen molar-refractivity contribution < 1.29 is 36.2 Å². The van der Waals surface area contributed by atoms with Crippen LogP contribution in [0, 0.1) is 31.1 Å². The van der Waals surface area contributed by atoms with Gasteiger partial charge in [-0.1, -0.05) is 6.92 Å². The van der Waals surface area contributed by atoms with Gasteiger partial charge in [0, 0.05) is 36.2 Å². The number of carbonyl (C=O) groups excluding carboxylic acids is 1. The lowest BCUT2D eigenvalue weighted by Gasteiger charge is -2.34. The quantitative estimate of drug-likeness (QED) is 0.371. The van der Waals surface area contributed by atoms with Crippen LogP contribution in [0.4, 0.5) is 26.3 Å². The standard InChI is InChI=1S/C25H28F6N4O2/c1-4-15(12-36)21(32)16-5-7-35(8-6-16)23(37)20-13(2)33-22(34-14(20)3)17-9-18(24(26,27)28)11-19(10-17)25(29,30)31/h9-11,15-16,32,36H,4-8,12H2,1-3H3/t15-/m1/s1. The number of aliphatic hydroxyl groups excluding tert-OH is 1. The molecule has 0 spiro atoms. The van der Waals surface area contributed by atoms with Gasteiger partial charge < -0.3 is 15.4 Å². The van der Waals surface area contributed by atoms with Crippen molar-refractivity contribution >= 4 is 11.6 Å². The lowest BCUT2D eigenvalue weighted by atomic mass is 9.84. The van der Waals surface area contributed by atoms with Gasteiger partial charge in [0.25, 0.3) is 5.91 Å². The molecule has 3 rings (SSSR count). The van der Waals surface area contributed by atoms with Crippen LogP contribution in [-0.4, -0.2) is 51.3 Å². The number of aliphatic hydroxyl groups is 1. The number of piperidine rings is 1. The third-order valence-corrected chi connectivity index (χ3v) is 6.71. The van der Waals surface area contributed by atoms with Crippen LogP contribution in [0.15, 0.2) is 18.2 Å². The van der Waals surface area contributed by atoms with Crippen molar-refractivity contribution in [1.82, 2.24) is 14.9 Å². The Morgan fingerprint density at radius 1 is 1.03 bits per heavy atom. The van der Waals surface area contributed by atoms with E-state index in [1.807, 2.05) is 6.92 Å². The highest BCUT2D eigenvalue weighted by Gasteiger charge is 2.37. The minimum absolute atomic E-state index is 0.0354. The van der Waals surface area contributed by atoms with Crippen LogP contribution in [0.1, 0.15) is 59.1 Å². The zero-order valence-electron chi connectivity index (χ0n) is 20.6. The van der Waals surface area contributed by atoms with Gasteiger partial charge in [-0.2, -0.15) is 26.3 Å². The smallest absolute Gasteiger partial charge is 0.396 e. The topological polar surface area (TPSA) is 90.2 Å². The first-order chi connectivity index (χ1) is 17.2. The third-order valence-electron chi connectivity index (χ3n) is 6.71. The summed E-state index contributed by atoms with van der Waals surface area (Å²) >= 11 is 0. The summed E-state index contributed by atoms with van der Waals surface area (Å²) in [5.41, 5.74) is -2.52. The summed E-state index contributed by atoms with van der Waals surface area (Å²) in [5.74, 6) is -0.997. The number of halogens is 6. The Kier molecular flexibility index (Phi) is 8.31. The molecule has 1 aromatic heterocycles. The van der Waals surface area contributed by atoms with Crippen LogP contribution in [-0.2, 0) is 12.4 Å². The Bertz CT molecular complexity index is 1110. The summed E-state index contributed by atoms with van der Waals surface area (Å²) in [7, 11) is 0. The molecule has 1 aliphatic rings.